The molecule has 1 aliphatic rings. The van der Waals surface area contributed by atoms with Crippen LogP contribution in [-0.2, 0) is 4.79 Å². The lowest BCUT2D eigenvalue weighted by molar-refractivity contribution is -0.132. The zero-order valence-corrected chi connectivity index (χ0v) is 14.7. The van der Waals surface area contributed by atoms with Crippen molar-refractivity contribution in [1.82, 2.24) is 14.9 Å². The quantitative estimate of drug-likeness (QED) is 0.911. The lowest BCUT2D eigenvalue weighted by Gasteiger charge is -2.34. The number of aromatic nitrogens is 2. The number of aryl methyl sites for hydroxylation is 1. The van der Waals surface area contributed by atoms with Crippen LogP contribution in [0, 0.1) is 12.7 Å². The molecular weight excluding hydrogens is 337 g/mol. The van der Waals surface area contributed by atoms with Gasteiger partial charge in [0.15, 0.2) is 0 Å². The second-order valence-electron chi connectivity index (χ2n) is 6.44. The first-order valence-corrected chi connectivity index (χ1v) is 8.53. The van der Waals surface area contributed by atoms with Crippen LogP contribution >= 0.6 is 0 Å². The predicted octanol–water partition coefficient (Wildman–Crippen LogP) is 3.36. The molecule has 136 valence electrons. The summed E-state index contributed by atoms with van der Waals surface area (Å²) in [6.07, 6.45) is 2.71. The number of carbonyl (C=O) groups excluding carboxylic acids is 1. The normalized spacial score (nSPS) is 17.2. The van der Waals surface area contributed by atoms with Crippen molar-refractivity contribution in [3.8, 4) is 11.3 Å². The molecule has 2 heterocycles. The maximum absolute atomic E-state index is 13.7. The number of carbonyl (C=O) groups is 2. The molecule has 1 aliphatic heterocycles. The molecule has 0 saturated carbocycles. The second kappa shape index (κ2) is 7.19. The molecule has 26 heavy (non-hydrogen) atoms. The van der Waals surface area contributed by atoms with Gasteiger partial charge in [0.1, 0.15) is 11.6 Å². The van der Waals surface area contributed by atoms with Gasteiger partial charge in [-0.1, -0.05) is 0 Å². The Labute approximate surface area is 150 Å². The summed E-state index contributed by atoms with van der Waals surface area (Å²) in [5.41, 5.74) is 1.18. The Morgan fingerprint density at radius 1 is 1.23 bits per heavy atom. The number of rotatable bonds is 3. The van der Waals surface area contributed by atoms with Gasteiger partial charge in [-0.3, -0.25) is 4.79 Å². The van der Waals surface area contributed by atoms with Crippen LogP contribution in [0.4, 0.5) is 4.39 Å². The zero-order chi connectivity index (χ0) is 18.8. The van der Waals surface area contributed by atoms with Crippen molar-refractivity contribution < 1.29 is 19.1 Å². The molecule has 7 heteroatoms. The topological polar surface area (TPSA) is 83.4 Å². The molecule has 1 amide bonds. The number of likely N-dealkylation sites (tertiary alicyclic amines) is 1. The molecule has 0 bridgehead atoms. The summed E-state index contributed by atoms with van der Waals surface area (Å²) in [6, 6.07) is 5.00. The minimum Gasteiger partial charge on any atom is -0.478 e. The van der Waals surface area contributed by atoms with Crippen LogP contribution in [0.5, 0.6) is 0 Å². The zero-order valence-electron chi connectivity index (χ0n) is 14.7. The van der Waals surface area contributed by atoms with Gasteiger partial charge < -0.3 is 10.0 Å². The standard InChI is InChI=1S/C19H20FN3O3/c1-11-21-16(15-9-13(20)6-7-14(15)19(25)26)10-17(22-11)18-5-3-4-8-23(18)12(2)24/h6-7,9-10,18H,3-5,8H2,1-2H3,(H,25,26)/t18-/m1/s1. The van der Waals surface area contributed by atoms with E-state index >= 15 is 0 Å². The van der Waals surface area contributed by atoms with E-state index in [-0.39, 0.29) is 23.1 Å². The number of amides is 1. The van der Waals surface area contributed by atoms with Gasteiger partial charge in [0.25, 0.3) is 0 Å². The lowest BCUT2D eigenvalue weighted by Crippen LogP contribution is -2.37. The number of carboxylic acids is 1. The van der Waals surface area contributed by atoms with E-state index in [0.29, 0.717) is 23.8 Å². The van der Waals surface area contributed by atoms with Crippen LogP contribution < -0.4 is 0 Å². The third kappa shape index (κ3) is 3.56. The molecule has 0 aliphatic carbocycles. The maximum Gasteiger partial charge on any atom is 0.336 e. The predicted molar refractivity (Wildman–Crippen MR) is 93.1 cm³/mol. The van der Waals surface area contributed by atoms with Crippen molar-refractivity contribution in [2.24, 2.45) is 0 Å². The monoisotopic (exact) mass is 357 g/mol. The highest BCUT2D eigenvalue weighted by atomic mass is 19.1. The molecule has 2 aromatic rings. The molecule has 3 rings (SSSR count). The molecule has 1 fully saturated rings. The number of benzene rings is 1. The Kier molecular flexibility index (Phi) is 4.97. The van der Waals surface area contributed by atoms with Crippen molar-refractivity contribution in [3.05, 3.63) is 47.2 Å². The Morgan fingerprint density at radius 2 is 2.00 bits per heavy atom. The number of carboxylic acid groups (broad SMARTS) is 1. The van der Waals surface area contributed by atoms with Crippen LogP contribution in [0.2, 0.25) is 0 Å². The Balaban J connectivity index is 2.11. The van der Waals surface area contributed by atoms with E-state index in [2.05, 4.69) is 9.97 Å². The molecule has 1 atom stereocenters. The minimum atomic E-state index is -1.15. The van der Waals surface area contributed by atoms with E-state index in [1.54, 1.807) is 17.9 Å². The molecule has 0 spiro atoms. The fourth-order valence-electron chi connectivity index (χ4n) is 3.43. The molecule has 0 radical (unpaired) electrons. The van der Waals surface area contributed by atoms with Gasteiger partial charge in [-0.05, 0) is 50.5 Å². The average Bonchev–Trinajstić information content (AvgIpc) is 2.60. The Bertz CT molecular complexity index is 869. The number of nitrogens with zero attached hydrogens (tertiary/aromatic N) is 3. The van der Waals surface area contributed by atoms with Crippen LogP contribution in [0.15, 0.2) is 24.3 Å². The van der Waals surface area contributed by atoms with Gasteiger partial charge in [0.2, 0.25) is 5.91 Å². The molecular formula is C19H20FN3O3. The highest BCUT2D eigenvalue weighted by Crippen LogP contribution is 2.32. The van der Waals surface area contributed by atoms with Crippen LogP contribution in [0.25, 0.3) is 11.3 Å². The lowest BCUT2D eigenvalue weighted by atomic mass is 9.97. The first kappa shape index (κ1) is 18.0. The summed E-state index contributed by atoms with van der Waals surface area (Å²) in [6.45, 7) is 3.90. The van der Waals surface area contributed by atoms with Crippen molar-refractivity contribution in [1.29, 1.82) is 0 Å². The van der Waals surface area contributed by atoms with Gasteiger partial charge in [-0.2, -0.15) is 0 Å². The summed E-state index contributed by atoms with van der Waals surface area (Å²) < 4.78 is 13.7. The first-order chi connectivity index (χ1) is 12.4. The number of aromatic carboxylic acids is 1. The van der Waals surface area contributed by atoms with Gasteiger partial charge in [0.05, 0.1) is 23.0 Å². The maximum atomic E-state index is 13.7. The van der Waals surface area contributed by atoms with E-state index in [0.717, 1.165) is 25.3 Å². The number of piperidine rings is 1. The summed E-state index contributed by atoms with van der Waals surface area (Å²) in [5.74, 6) is -1.26. The van der Waals surface area contributed by atoms with E-state index in [9.17, 15) is 19.1 Å². The van der Waals surface area contributed by atoms with E-state index < -0.39 is 11.8 Å². The second-order valence-corrected chi connectivity index (χ2v) is 6.44. The SMILES string of the molecule is CC(=O)N1CCCC[C@@H]1c1cc(-c2cc(F)ccc2C(=O)O)nc(C)n1. The van der Waals surface area contributed by atoms with E-state index in [1.165, 1.54) is 19.1 Å². The molecule has 1 N–H and O–H groups in total. The largest absolute Gasteiger partial charge is 0.478 e. The third-order valence-electron chi connectivity index (χ3n) is 4.59. The molecule has 1 aromatic carbocycles. The Hall–Kier alpha value is -2.83. The smallest absolute Gasteiger partial charge is 0.336 e. The average molecular weight is 357 g/mol. The minimum absolute atomic E-state index is 0.0236. The molecule has 1 saturated heterocycles. The van der Waals surface area contributed by atoms with E-state index in [4.69, 9.17) is 0 Å². The van der Waals surface area contributed by atoms with Gasteiger partial charge >= 0.3 is 5.97 Å². The van der Waals surface area contributed by atoms with Crippen LogP contribution in [0.1, 0.15) is 54.1 Å². The number of hydrogen-bond donors (Lipinski definition) is 1. The van der Waals surface area contributed by atoms with Gasteiger partial charge in [0, 0.05) is 19.0 Å². The summed E-state index contributed by atoms with van der Waals surface area (Å²) >= 11 is 0. The number of halogens is 1. The fourth-order valence-corrected chi connectivity index (χ4v) is 3.43. The van der Waals surface area contributed by atoms with Crippen molar-refractivity contribution in [2.45, 2.75) is 39.2 Å². The molecule has 0 unspecified atom stereocenters. The van der Waals surface area contributed by atoms with Crippen LogP contribution in [-0.4, -0.2) is 38.4 Å². The summed E-state index contributed by atoms with van der Waals surface area (Å²) in [5, 5.41) is 9.40. The van der Waals surface area contributed by atoms with Gasteiger partial charge in [-0.25, -0.2) is 19.2 Å². The van der Waals surface area contributed by atoms with Crippen LogP contribution in [0.3, 0.4) is 0 Å². The first-order valence-electron chi connectivity index (χ1n) is 8.53. The molecule has 6 nitrogen and oxygen atoms in total. The fraction of sp³-hybridized carbons (Fsp3) is 0.368. The summed E-state index contributed by atoms with van der Waals surface area (Å²) in [4.78, 5) is 34.0. The molecule has 1 aromatic heterocycles. The van der Waals surface area contributed by atoms with E-state index in [1.807, 2.05) is 0 Å². The third-order valence-corrected chi connectivity index (χ3v) is 4.59. The Morgan fingerprint density at radius 3 is 2.69 bits per heavy atom. The van der Waals surface area contributed by atoms with Gasteiger partial charge in [-0.15, -0.1) is 0 Å². The van der Waals surface area contributed by atoms with Crippen molar-refractivity contribution >= 4 is 11.9 Å². The van der Waals surface area contributed by atoms with Crippen molar-refractivity contribution in [3.63, 3.8) is 0 Å². The highest BCUT2D eigenvalue weighted by molar-refractivity contribution is 5.95. The highest BCUT2D eigenvalue weighted by Gasteiger charge is 2.28. The number of hydrogen-bond acceptors (Lipinski definition) is 4. The summed E-state index contributed by atoms with van der Waals surface area (Å²) in [7, 11) is 0. The van der Waals surface area contributed by atoms with Crippen molar-refractivity contribution in [2.75, 3.05) is 6.54 Å².